The molecule has 0 saturated carbocycles. The minimum absolute atomic E-state index is 0.652. The van der Waals surface area contributed by atoms with Crippen LogP contribution in [0.25, 0.3) is 84.9 Å². The summed E-state index contributed by atoms with van der Waals surface area (Å²) in [4.78, 5) is 0. The average molecular weight is 620 g/mol. The number of nitrogens with zero attached hydrogens (tertiary/aromatic N) is 1. The van der Waals surface area contributed by atoms with E-state index in [0.29, 0.717) is 5.56 Å². The minimum atomic E-state index is 0.652. The van der Waals surface area contributed by atoms with E-state index in [2.05, 4.69) is 127 Å². The molecule has 0 aliphatic rings. The zero-order valence-corrected chi connectivity index (χ0v) is 26.3. The van der Waals surface area contributed by atoms with Gasteiger partial charge in [-0.05, 0) is 99.1 Å². The number of hydrogen-bond acceptors (Lipinski definition) is 3. The molecule has 0 N–H and O–H groups in total. The van der Waals surface area contributed by atoms with Gasteiger partial charge in [0.25, 0.3) is 0 Å². The number of rotatable bonds is 4. The lowest BCUT2D eigenvalue weighted by Crippen LogP contribution is -1.90. The SMILES string of the molecule is N#Cc1cc(-c2ccccc2)cc(-c2cc(-c3ccc4c(c3)sc3ccccc34)ccc2-c2ccc3sc4ccccc4c3c2)c1. The van der Waals surface area contributed by atoms with Crippen LogP contribution in [0.1, 0.15) is 5.56 Å². The van der Waals surface area contributed by atoms with Gasteiger partial charge in [0.15, 0.2) is 0 Å². The van der Waals surface area contributed by atoms with Gasteiger partial charge in [0.2, 0.25) is 0 Å². The van der Waals surface area contributed by atoms with Crippen molar-refractivity contribution in [2.75, 3.05) is 0 Å². The molecule has 0 unspecified atom stereocenters. The summed E-state index contributed by atoms with van der Waals surface area (Å²) in [6.45, 7) is 0. The minimum Gasteiger partial charge on any atom is -0.192 e. The first-order valence-corrected chi connectivity index (χ1v) is 16.9. The van der Waals surface area contributed by atoms with Crippen LogP contribution in [-0.4, -0.2) is 0 Å². The van der Waals surface area contributed by atoms with Crippen molar-refractivity contribution in [2.45, 2.75) is 0 Å². The molecule has 1 nitrogen and oxygen atoms in total. The van der Waals surface area contributed by atoms with Crippen LogP contribution in [0, 0.1) is 11.3 Å². The second-order valence-corrected chi connectivity index (χ2v) is 13.8. The Labute approximate surface area is 274 Å². The molecule has 0 aliphatic heterocycles. The maximum absolute atomic E-state index is 10.1. The predicted octanol–water partition coefficient (Wildman–Crippen LogP) is 13.0. The standard InChI is InChI=1S/C43H25NS2/c44-26-27-20-32(28-8-2-1-3-9-28)22-33(21-27)38-23-29(30-15-18-37-35-10-4-6-12-40(35)46-43(37)25-30)14-17-34(38)31-16-19-42-39(24-31)36-11-5-7-13-41(36)45-42/h1-25H. The predicted molar refractivity (Wildman–Crippen MR) is 199 cm³/mol. The fourth-order valence-corrected chi connectivity index (χ4v) is 8.89. The summed E-state index contributed by atoms with van der Waals surface area (Å²) >= 11 is 3.68. The molecule has 7 aromatic carbocycles. The van der Waals surface area contributed by atoms with Crippen molar-refractivity contribution in [1.82, 2.24) is 0 Å². The molecule has 0 amide bonds. The molecular weight excluding hydrogens is 595 g/mol. The number of nitriles is 1. The number of benzene rings is 7. The Bertz CT molecular complexity index is 2650. The monoisotopic (exact) mass is 619 g/mol. The molecule has 0 atom stereocenters. The Balaban J connectivity index is 1.27. The summed E-state index contributed by atoms with van der Waals surface area (Å²) in [6, 6.07) is 56.8. The van der Waals surface area contributed by atoms with Crippen molar-refractivity contribution in [1.29, 1.82) is 5.26 Å². The third-order valence-corrected chi connectivity index (χ3v) is 11.2. The molecule has 0 radical (unpaired) electrons. The van der Waals surface area contributed by atoms with Crippen LogP contribution in [0.15, 0.2) is 152 Å². The van der Waals surface area contributed by atoms with Crippen LogP contribution in [0.4, 0.5) is 0 Å². The lowest BCUT2D eigenvalue weighted by Gasteiger charge is -2.15. The molecule has 46 heavy (non-hydrogen) atoms. The first kappa shape index (κ1) is 26.8. The van der Waals surface area contributed by atoms with Crippen molar-refractivity contribution < 1.29 is 0 Å². The van der Waals surface area contributed by atoms with E-state index in [1.165, 1.54) is 51.5 Å². The van der Waals surface area contributed by atoms with E-state index < -0.39 is 0 Å². The van der Waals surface area contributed by atoms with Gasteiger partial charge >= 0.3 is 0 Å². The lowest BCUT2D eigenvalue weighted by atomic mass is 9.88. The molecule has 0 bridgehead atoms. The van der Waals surface area contributed by atoms with Gasteiger partial charge in [-0.2, -0.15) is 5.26 Å². The largest absolute Gasteiger partial charge is 0.192 e. The molecule has 2 heterocycles. The van der Waals surface area contributed by atoms with E-state index in [-0.39, 0.29) is 0 Å². The zero-order chi connectivity index (χ0) is 30.6. The molecular formula is C43H25NS2. The molecule has 214 valence electrons. The van der Waals surface area contributed by atoms with Gasteiger partial charge in [0, 0.05) is 40.3 Å². The Morgan fingerprint density at radius 1 is 0.348 bits per heavy atom. The Morgan fingerprint density at radius 2 is 0.957 bits per heavy atom. The van der Waals surface area contributed by atoms with Crippen LogP contribution in [0.3, 0.4) is 0 Å². The highest BCUT2D eigenvalue weighted by Gasteiger charge is 2.15. The second-order valence-electron chi connectivity index (χ2n) is 11.7. The van der Waals surface area contributed by atoms with Gasteiger partial charge in [0.05, 0.1) is 11.6 Å². The smallest absolute Gasteiger partial charge is 0.0992 e. The summed E-state index contributed by atoms with van der Waals surface area (Å²) in [6.07, 6.45) is 0. The summed E-state index contributed by atoms with van der Waals surface area (Å²) in [5.74, 6) is 0. The number of thiophene rings is 2. The van der Waals surface area contributed by atoms with Gasteiger partial charge in [-0.25, -0.2) is 0 Å². The first-order chi connectivity index (χ1) is 22.7. The molecule has 2 aromatic heterocycles. The number of hydrogen-bond donors (Lipinski definition) is 0. The van der Waals surface area contributed by atoms with Crippen molar-refractivity contribution in [3.63, 3.8) is 0 Å². The van der Waals surface area contributed by atoms with E-state index in [1.807, 2.05) is 53.0 Å². The summed E-state index contributed by atoms with van der Waals surface area (Å²) in [5, 5.41) is 15.3. The molecule has 9 aromatic rings. The van der Waals surface area contributed by atoms with E-state index in [4.69, 9.17) is 0 Å². The van der Waals surface area contributed by atoms with Crippen LogP contribution in [0.2, 0.25) is 0 Å². The molecule has 3 heteroatoms. The van der Waals surface area contributed by atoms with Crippen molar-refractivity contribution in [3.05, 3.63) is 157 Å². The molecule has 0 aliphatic carbocycles. The van der Waals surface area contributed by atoms with Crippen molar-refractivity contribution in [3.8, 4) is 50.6 Å². The zero-order valence-electron chi connectivity index (χ0n) is 24.7. The van der Waals surface area contributed by atoms with Crippen LogP contribution in [0.5, 0.6) is 0 Å². The van der Waals surface area contributed by atoms with Gasteiger partial charge in [-0.1, -0.05) is 97.1 Å². The summed E-state index contributed by atoms with van der Waals surface area (Å²) in [7, 11) is 0. The van der Waals surface area contributed by atoms with E-state index >= 15 is 0 Å². The van der Waals surface area contributed by atoms with E-state index in [9.17, 15) is 5.26 Å². The fourth-order valence-electron chi connectivity index (χ4n) is 6.66. The average Bonchev–Trinajstić information content (AvgIpc) is 3.69. The van der Waals surface area contributed by atoms with E-state index in [1.54, 1.807) is 0 Å². The van der Waals surface area contributed by atoms with Gasteiger partial charge in [0.1, 0.15) is 0 Å². The van der Waals surface area contributed by atoms with Gasteiger partial charge in [-0.15, -0.1) is 22.7 Å². The third kappa shape index (κ3) is 4.51. The highest BCUT2D eigenvalue weighted by molar-refractivity contribution is 7.26. The fraction of sp³-hybridized carbons (Fsp3) is 0. The highest BCUT2D eigenvalue weighted by Crippen LogP contribution is 2.42. The topological polar surface area (TPSA) is 23.8 Å². The van der Waals surface area contributed by atoms with Crippen LogP contribution in [-0.2, 0) is 0 Å². The molecule has 9 rings (SSSR count). The Kier molecular flexibility index (Phi) is 6.31. The first-order valence-electron chi connectivity index (χ1n) is 15.3. The summed E-state index contributed by atoms with van der Waals surface area (Å²) in [5.41, 5.74) is 9.60. The summed E-state index contributed by atoms with van der Waals surface area (Å²) < 4.78 is 5.19. The molecule has 0 saturated heterocycles. The van der Waals surface area contributed by atoms with Gasteiger partial charge in [-0.3, -0.25) is 0 Å². The maximum Gasteiger partial charge on any atom is 0.0992 e. The van der Waals surface area contributed by atoms with Crippen molar-refractivity contribution >= 4 is 63.0 Å². The molecule has 0 spiro atoms. The quantitative estimate of drug-likeness (QED) is 0.192. The normalized spacial score (nSPS) is 11.5. The Hall–Kier alpha value is -5.53. The Morgan fingerprint density at radius 3 is 1.76 bits per heavy atom. The maximum atomic E-state index is 10.1. The van der Waals surface area contributed by atoms with Crippen LogP contribution >= 0.6 is 22.7 Å². The second kappa shape index (κ2) is 10.8. The molecule has 0 fully saturated rings. The van der Waals surface area contributed by atoms with Crippen molar-refractivity contribution in [2.24, 2.45) is 0 Å². The van der Waals surface area contributed by atoms with E-state index in [0.717, 1.165) is 33.4 Å². The van der Waals surface area contributed by atoms with Crippen LogP contribution < -0.4 is 0 Å². The third-order valence-electron chi connectivity index (χ3n) is 8.90. The number of fused-ring (bicyclic) bond motifs is 6. The highest BCUT2D eigenvalue weighted by atomic mass is 32.1. The van der Waals surface area contributed by atoms with Gasteiger partial charge < -0.3 is 0 Å². The lowest BCUT2D eigenvalue weighted by molar-refractivity contribution is 1.48.